The van der Waals surface area contributed by atoms with Crippen molar-refractivity contribution in [2.45, 2.75) is 0 Å². The lowest BCUT2D eigenvalue weighted by atomic mass is 10.2. The highest BCUT2D eigenvalue weighted by molar-refractivity contribution is 14.1. The number of hydrogen-bond donors (Lipinski definition) is 1. The number of amides is 3. The molecule has 1 aliphatic rings. The van der Waals surface area contributed by atoms with Crippen molar-refractivity contribution in [3.05, 3.63) is 78.9 Å². The van der Waals surface area contributed by atoms with Crippen LogP contribution in [0.1, 0.15) is 5.76 Å². The van der Waals surface area contributed by atoms with E-state index in [-0.39, 0.29) is 11.4 Å². The van der Waals surface area contributed by atoms with Crippen LogP contribution in [0.3, 0.4) is 0 Å². The largest absolute Gasteiger partial charge is 0.457 e. The topological polar surface area (TPSA) is 79.6 Å². The van der Waals surface area contributed by atoms with Crippen LogP contribution in [0.5, 0.6) is 0 Å². The molecule has 1 saturated heterocycles. The number of nitrogens with zero attached hydrogens (tertiary/aromatic N) is 1. The highest BCUT2D eigenvalue weighted by Crippen LogP contribution is 2.35. The highest BCUT2D eigenvalue weighted by Gasteiger charge is 2.36. The van der Waals surface area contributed by atoms with Crippen molar-refractivity contribution in [2.24, 2.45) is 0 Å². The molecule has 0 aliphatic carbocycles. The molecule has 162 valence electrons. The van der Waals surface area contributed by atoms with Crippen LogP contribution in [-0.2, 0) is 9.59 Å². The first-order valence-electron chi connectivity index (χ1n) is 9.16. The number of benzene rings is 2. The van der Waals surface area contributed by atoms with Gasteiger partial charge in [-0.05, 0) is 89.0 Å². The van der Waals surface area contributed by atoms with Gasteiger partial charge in [0.05, 0.1) is 9.93 Å². The lowest BCUT2D eigenvalue weighted by Crippen LogP contribution is -2.36. The van der Waals surface area contributed by atoms with Crippen molar-refractivity contribution < 1.29 is 18.8 Å². The van der Waals surface area contributed by atoms with Gasteiger partial charge < -0.3 is 9.73 Å². The summed E-state index contributed by atoms with van der Waals surface area (Å²) in [7, 11) is 0. The number of rotatable bonds is 5. The van der Waals surface area contributed by atoms with Gasteiger partial charge in [0.25, 0.3) is 11.1 Å². The van der Waals surface area contributed by atoms with E-state index in [9.17, 15) is 14.4 Å². The molecule has 32 heavy (non-hydrogen) atoms. The molecule has 0 unspecified atom stereocenters. The Morgan fingerprint density at radius 3 is 2.59 bits per heavy atom. The van der Waals surface area contributed by atoms with Crippen LogP contribution in [0.2, 0.25) is 10.0 Å². The third-order valence-corrected chi connectivity index (χ3v) is 6.59. The van der Waals surface area contributed by atoms with Crippen LogP contribution >= 0.6 is 57.6 Å². The lowest BCUT2D eigenvalue weighted by Gasteiger charge is -2.12. The third-order valence-electron chi connectivity index (χ3n) is 4.40. The number of carbonyl (C=O) groups is 3. The Kier molecular flexibility index (Phi) is 6.94. The molecule has 0 bridgehead atoms. The Morgan fingerprint density at radius 2 is 1.84 bits per heavy atom. The van der Waals surface area contributed by atoms with Crippen LogP contribution < -0.4 is 5.32 Å². The number of halogens is 3. The van der Waals surface area contributed by atoms with E-state index >= 15 is 0 Å². The van der Waals surface area contributed by atoms with E-state index in [1.165, 1.54) is 6.08 Å². The van der Waals surface area contributed by atoms with Crippen molar-refractivity contribution >= 4 is 86.4 Å². The van der Waals surface area contributed by atoms with Crippen molar-refractivity contribution in [2.75, 3.05) is 11.9 Å². The normalized spacial score (nSPS) is 15.0. The van der Waals surface area contributed by atoms with Crippen molar-refractivity contribution in [3.8, 4) is 11.3 Å². The Labute approximate surface area is 211 Å². The van der Waals surface area contributed by atoms with Gasteiger partial charge in [0, 0.05) is 25.9 Å². The molecule has 1 aliphatic heterocycles. The summed E-state index contributed by atoms with van der Waals surface area (Å²) < 4.78 is 6.78. The minimum Gasteiger partial charge on any atom is -0.457 e. The molecule has 3 aromatic rings. The van der Waals surface area contributed by atoms with Gasteiger partial charge in [-0.2, -0.15) is 0 Å². The SMILES string of the molecule is O=C(CN1C(=O)S/C(=C/c2ccc(-c3cc(Cl)ccc3Cl)o2)C1=O)Nc1ccc(I)cc1. The maximum Gasteiger partial charge on any atom is 0.294 e. The molecular weight excluding hydrogens is 586 g/mol. The Hall–Kier alpha value is -2.27. The maximum absolute atomic E-state index is 12.7. The molecule has 1 N–H and O–H groups in total. The molecule has 4 rings (SSSR count). The lowest BCUT2D eigenvalue weighted by molar-refractivity contribution is -0.127. The van der Waals surface area contributed by atoms with E-state index in [0.717, 1.165) is 20.2 Å². The number of nitrogens with one attached hydrogen (secondary N) is 1. The molecule has 0 saturated carbocycles. The first-order valence-corrected chi connectivity index (χ1v) is 11.8. The number of imide groups is 1. The van der Waals surface area contributed by atoms with Gasteiger partial charge in [-0.3, -0.25) is 19.3 Å². The molecule has 10 heteroatoms. The molecular formula is C22H13Cl2IN2O4S. The smallest absolute Gasteiger partial charge is 0.294 e. The van der Waals surface area contributed by atoms with E-state index in [1.54, 1.807) is 42.5 Å². The monoisotopic (exact) mass is 598 g/mol. The molecule has 2 aromatic carbocycles. The summed E-state index contributed by atoms with van der Waals surface area (Å²) in [5.41, 5.74) is 1.19. The summed E-state index contributed by atoms with van der Waals surface area (Å²) in [6.45, 7) is -0.379. The summed E-state index contributed by atoms with van der Waals surface area (Å²) >= 11 is 15.1. The van der Waals surface area contributed by atoms with Crippen molar-refractivity contribution in [1.29, 1.82) is 0 Å². The summed E-state index contributed by atoms with van der Waals surface area (Å²) in [5, 5.41) is 3.12. The summed E-state index contributed by atoms with van der Waals surface area (Å²) in [6.07, 6.45) is 1.46. The van der Waals surface area contributed by atoms with E-state index in [0.29, 0.717) is 32.8 Å². The minimum absolute atomic E-state index is 0.162. The van der Waals surface area contributed by atoms with Gasteiger partial charge in [-0.25, -0.2) is 0 Å². The van der Waals surface area contributed by atoms with Gasteiger partial charge in [0.15, 0.2) is 0 Å². The molecule has 1 aromatic heterocycles. The fourth-order valence-corrected chi connectivity index (χ4v) is 4.47. The summed E-state index contributed by atoms with van der Waals surface area (Å²) in [5.74, 6) is -0.188. The minimum atomic E-state index is -0.559. The Balaban J connectivity index is 1.46. The average molecular weight is 599 g/mol. The van der Waals surface area contributed by atoms with Crippen LogP contribution in [0.25, 0.3) is 17.4 Å². The van der Waals surface area contributed by atoms with E-state index in [4.69, 9.17) is 27.6 Å². The predicted octanol–water partition coefficient (Wildman–Crippen LogP) is 6.53. The zero-order chi connectivity index (χ0) is 22.8. The summed E-state index contributed by atoms with van der Waals surface area (Å²) in [4.78, 5) is 38.4. The first kappa shape index (κ1) is 22.9. The van der Waals surface area contributed by atoms with Crippen LogP contribution in [0.4, 0.5) is 10.5 Å². The number of carbonyl (C=O) groups excluding carboxylic acids is 3. The van der Waals surface area contributed by atoms with Crippen molar-refractivity contribution in [3.63, 3.8) is 0 Å². The highest BCUT2D eigenvalue weighted by atomic mass is 127. The first-order chi connectivity index (χ1) is 15.3. The number of furan rings is 1. The molecule has 2 heterocycles. The quantitative estimate of drug-likeness (QED) is 0.267. The molecule has 0 radical (unpaired) electrons. The molecule has 3 amide bonds. The second-order valence-corrected chi connectivity index (χ2v) is 9.73. The van der Waals surface area contributed by atoms with Gasteiger partial charge in [0.1, 0.15) is 18.1 Å². The average Bonchev–Trinajstić information content (AvgIpc) is 3.32. The van der Waals surface area contributed by atoms with Gasteiger partial charge in [-0.1, -0.05) is 23.2 Å². The standard InChI is InChI=1S/C22H13Cl2IN2O4S/c23-12-1-7-17(24)16(9-12)18-8-6-15(31-18)10-19-21(29)27(22(30)32-19)11-20(28)26-14-4-2-13(25)3-5-14/h1-10H,11H2,(H,26,28)/b19-10+. The third kappa shape index (κ3) is 5.20. The second-order valence-electron chi connectivity index (χ2n) is 6.65. The van der Waals surface area contributed by atoms with E-state index in [2.05, 4.69) is 27.9 Å². The zero-order valence-corrected chi connectivity index (χ0v) is 20.6. The van der Waals surface area contributed by atoms with E-state index < -0.39 is 17.1 Å². The van der Waals surface area contributed by atoms with Crippen LogP contribution in [0.15, 0.2) is 63.9 Å². The zero-order valence-electron chi connectivity index (χ0n) is 16.1. The van der Waals surface area contributed by atoms with Crippen LogP contribution in [0, 0.1) is 3.57 Å². The fraction of sp³-hybridized carbons (Fsp3) is 0.0455. The van der Waals surface area contributed by atoms with Gasteiger partial charge in [0.2, 0.25) is 5.91 Å². The number of hydrogen-bond acceptors (Lipinski definition) is 5. The predicted molar refractivity (Wildman–Crippen MR) is 135 cm³/mol. The molecule has 0 spiro atoms. The van der Waals surface area contributed by atoms with Crippen molar-refractivity contribution in [1.82, 2.24) is 4.90 Å². The molecule has 0 atom stereocenters. The Morgan fingerprint density at radius 1 is 1.09 bits per heavy atom. The van der Waals surface area contributed by atoms with Gasteiger partial charge in [-0.15, -0.1) is 0 Å². The molecule has 1 fully saturated rings. The number of thioether (sulfide) groups is 1. The summed E-state index contributed by atoms with van der Waals surface area (Å²) in [6, 6.07) is 15.5. The van der Waals surface area contributed by atoms with Gasteiger partial charge >= 0.3 is 0 Å². The fourth-order valence-electron chi connectivity index (χ4n) is 2.90. The number of anilines is 1. The van der Waals surface area contributed by atoms with E-state index in [1.807, 2.05) is 12.1 Å². The maximum atomic E-state index is 12.7. The Bertz CT molecular complexity index is 1260. The molecule has 6 nitrogen and oxygen atoms in total. The van der Waals surface area contributed by atoms with Crippen LogP contribution in [-0.4, -0.2) is 28.5 Å². The second kappa shape index (κ2) is 9.70.